The number of aryl methyl sites for hydroxylation is 1. The lowest BCUT2D eigenvalue weighted by Gasteiger charge is -2.39. The molecule has 1 fully saturated rings. The molecule has 1 aliphatic heterocycles. The first kappa shape index (κ1) is 14.3. The Balaban J connectivity index is 1.61. The summed E-state index contributed by atoms with van der Waals surface area (Å²) in [5.41, 5.74) is 2.93. The average molecular weight is 283 g/mol. The van der Waals surface area contributed by atoms with E-state index < -0.39 is 0 Å². The highest BCUT2D eigenvalue weighted by Gasteiger charge is 2.32. The van der Waals surface area contributed by atoms with Gasteiger partial charge in [-0.05, 0) is 37.3 Å². The van der Waals surface area contributed by atoms with Gasteiger partial charge in [0.15, 0.2) is 0 Å². The van der Waals surface area contributed by atoms with E-state index in [9.17, 15) is 0 Å². The van der Waals surface area contributed by atoms with Crippen molar-refractivity contribution in [1.82, 2.24) is 14.7 Å². The molecule has 1 aliphatic rings. The van der Waals surface area contributed by atoms with Crippen molar-refractivity contribution in [3.63, 3.8) is 0 Å². The van der Waals surface area contributed by atoms with Crippen molar-refractivity contribution in [3.8, 4) is 0 Å². The number of hydrogen-bond acceptors (Lipinski definition) is 2. The summed E-state index contributed by atoms with van der Waals surface area (Å²) in [4.78, 5) is 2.56. The van der Waals surface area contributed by atoms with Crippen molar-refractivity contribution in [3.05, 3.63) is 53.9 Å². The second-order valence-electron chi connectivity index (χ2n) is 6.41. The van der Waals surface area contributed by atoms with Crippen LogP contribution in [0.3, 0.4) is 0 Å². The lowest BCUT2D eigenvalue weighted by atomic mass is 9.89. The van der Waals surface area contributed by atoms with Crippen LogP contribution in [0, 0.1) is 0 Å². The minimum atomic E-state index is 0.181. The molecule has 1 aromatic carbocycles. The quantitative estimate of drug-likeness (QED) is 0.857. The summed E-state index contributed by atoms with van der Waals surface area (Å²) in [5, 5.41) is 4.59. The van der Waals surface area contributed by atoms with E-state index in [0.29, 0.717) is 0 Å². The van der Waals surface area contributed by atoms with Gasteiger partial charge in [-0.3, -0.25) is 9.58 Å². The van der Waals surface area contributed by atoms with Gasteiger partial charge in [0.05, 0.1) is 11.7 Å². The van der Waals surface area contributed by atoms with Gasteiger partial charge >= 0.3 is 0 Å². The molecule has 3 heteroatoms. The Bertz CT molecular complexity index is 565. The topological polar surface area (TPSA) is 21.1 Å². The third kappa shape index (κ3) is 3.18. The second-order valence-corrected chi connectivity index (χ2v) is 6.41. The first-order chi connectivity index (χ1) is 10.2. The number of hydrogen-bond donors (Lipinski definition) is 0. The van der Waals surface area contributed by atoms with Crippen LogP contribution in [0.25, 0.3) is 0 Å². The lowest BCUT2D eigenvalue weighted by Crippen LogP contribution is -2.44. The van der Waals surface area contributed by atoms with Gasteiger partial charge in [0, 0.05) is 25.8 Å². The standard InChI is InChI=1S/C18H25N3/c1-3-16-13-19-21(15-16)18(2)9-11-20(12-10-18)14-17-7-5-4-6-8-17/h4-8,13,15H,3,9-12,14H2,1-2H3. The minimum absolute atomic E-state index is 0.181. The third-order valence-corrected chi connectivity index (χ3v) is 4.78. The molecule has 1 aromatic heterocycles. The molecule has 112 valence electrons. The number of rotatable bonds is 4. The summed E-state index contributed by atoms with van der Waals surface area (Å²) >= 11 is 0. The predicted molar refractivity (Wildman–Crippen MR) is 86.2 cm³/mol. The van der Waals surface area contributed by atoms with Crippen molar-refractivity contribution < 1.29 is 0 Å². The van der Waals surface area contributed by atoms with E-state index in [2.05, 4.69) is 65.1 Å². The Labute approximate surface area is 127 Å². The van der Waals surface area contributed by atoms with E-state index in [0.717, 1.165) is 26.1 Å². The van der Waals surface area contributed by atoms with E-state index in [1.165, 1.54) is 24.0 Å². The second kappa shape index (κ2) is 6.02. The molecular formula is C18H25N3. The molecule has 1 saturated heterocycles. The summed E-state index contributed by atoms with van der Waals surface area (Å²) in [6.45, 7) is 7.89. The fraction of sp³-hybridized carbons (Fsp3) is 0.500. The summed E-state index contributed by atoms with van der Waals surface area (Å²) in [6, 6.07) is 10.8. The van der Waals surface area contributed by atoms with Gasteiger partial charge in [-0.1, -0.05) is 37.3 Å². The summed E-state index contributed by atoms with van der Waals surface area (Å²) in [5.74, 6) is 0. The summed E-state index contributed by atoms with van der Waals surface area (Å²) < 4.78 is 2.20. The molecule has 0 saturated carbocycles. The first-order valence-corrected chi connectivity index (χ1v) is 8.00. The van der Waals surface area contributed by atoms with Crippen LogP contribution in [-0.4, -0.2) is 27.8 Å². The van der Waals surface area contributed by atoms with Gasteiger partial charge in [-0.2, -0.15) is 5.10 Å². The molecule has 0 spiro atoms. The molecule has 3 rings (SSSR count). The van der Waals surface area contributed by atoms with E-state index in [4.69, 9.17) is 0 Å². The smallest absolute Gasteiger partial charge is 0.0624 e. The maximum absolute atomic E-state index is 4.59. The van der Waals surface area contributed by atoms with Gasteiger partial charge in [0.25, 0.3) is 0 Å². The van der Waals surface area contributed by atoms with Crippen molar-refractivity contribution in [1.29, 1.82) is 0 Å². The Kier molecular flexibility index (Phi) is 4.11. The normalized spacial score (nSPS) is 18.8. The fourth-order valence-electron chi connectivity index (χ4n) is 3.10. The molecule has 0 N–H and O–H groups in total. The molecule has 2 aromatic rings. The van der Waals surface area contributed by atoms with Crippen molar-refractivity contribution in [2.75, 3.05) is 13.1 Å². The first-order valence-electron chi connectivity index (χ1n) is 8.00. The Morgan fingerprint density at radius 3 is 2.43 bits per heavy atom. The van der Waals surface area contributed by atoms with E-state index >= 15 is 0 Å². The number of likely N-dealkylation sites (tertiary alicyclic amines) is 1. The van der Waals surface area contributed by atoms with Crippen LogP contribution in [0.15, 0.2) is 42.7 Å². The Morgan fingerprint density at radius 2 is 1.81 bits per heavy atom. The van der Waals surface area contributed by atoms with Gasteiger partial charge in [-0.15, -0.1) is 0 Å². The molecule has 0 atom stereocenters. The van der Waals surface area contributed by atoms with Crippen LogP contribution >= 0.6 is 0 Å². The highest BCUT2D eigenvalue weighted by Crippen LogP contribution is 2.30. The molecule has 0 aliphatic carbocycles. The number of aromatic nitrogens is 2. The highest BCUT2D eigenvalue weighted by molar-refractivity contribution is 5.14. The summed E-state index contributed by atoms with van der Waals surface area (Å²) in [7, 11) is 0. The molecule has 3 nitrogen and oxygen atoms in total. The van der Waals surface area contributed by atoms with Gasteiger partial charge in [-0.25, -0.2) is 0 Å². The molecule has 21 heavy (non-hydrogen) atoms. The number of nitrogens with zero attached hydrogens (tertiary/aromatic N) is 3. The third-order valence-electron chi connectivity index (χ3n) is 4.78. The van der Waals surface area contributed by atoms with Crippen molar-refractivity contribution in [2.24, 2.45) is 0 Å². The zero-order valence-corrected chi connectivity index (χ0v) is 13.1. The maximum atomic E-state index is 4.59. The van der Waals surface area contributed by atoms with Crippen LogP contribution in [0.1, 0.15) is 37.8 Å². The van der Waals surface area contributed by atoms with Gasteiger partial charge in [0.2, 0.25) is 0 Å². The van der Waals surface area contributed by atoms with E-state index in [1.54, 1.807) is 0 Å². The summed E-state index contributed by atoms with van der Waals surface area (Å²) in [6.07, 6.45) is 7.65. The molecule has 0 amide bonds. The van der Waals surface area contributed by atoms with Crippen LogP contribution in [0.4, 0.5) is 0 Å². The Morgan fingerprint density at radius 1 is 1.10 bits per heavy atom. The van der Waals surface area contributed by atoms with Crippen LogP contribution in [0.5, 0.6) is 0 Å². The van der Waals surface area contributed by atoms with Crippen LogP contribution in [-0.2, 0) is 18.5 Å². The molecular weight excluding hydrogens is 258 g/mol. The zero-order valence-electron chi connectivity index (χ0n) is 13.1. The lowest BCUT2D eigenvalue weighted by molar-refractivity contribution is 0.109. The maximum Gasteiger partial charge on any atom is 0.0624 e. The van der Waals surface area contributed by atoms with Crippen LogP contribution in [0.2, 0.25) is 0 Å². The average Bonchev–Trinajstić information content (AvgIpc) is 3.01. The van der Waals surface area contributed by atoms with Gasteiger partial charge in [0.1, 0.15) is 0 Å². The minimum Gasteiger partial charge on any atom is -0.299 e. The monoisotopic (exact) mass is 283 g/mol. The number of piperidine rings is 1. The predicted octanol–water partition coefficient (Wildman–Crippen LogP) is 3.46. The molecule has 0 unspecified atom stereocenters. The van der Waals surface area contributed by atoms with Gasteiger partial charge < -0.3 is 0 Å². The van der Waals surface area contributed by atoms with E-state index in [1.807, 2.05) is 6.20 Å². The molecule has 2 heterocycles. The Hall–Kier alpha value is -1.61. The molecule has 0 bridgehead atoms. The van der Waals surface area contributed by atoms with Crippen LogP contribution < -0.4 is 0 Å². The van der Waals surface area contributed by atoms with E-state index in [-0.39, 0.29) is 5.54 Å². The highest BCUT2D eigenvalue weighted by atomic mass is 15.3. The largest absolute Gasteiger partial charge is 0.299 e. The fourth-order valence-corrected chi connectivity index (χ4v) is 3.10. The molecule has 0 radical (unpaired) electrons. The zero-order chi connectivity index (χ0) is 14.7. The van der Waals surface area contributed by atoms with Crippen molar-refractivity contribution >= 4 is 0 Å². The number of benzene rings is 1. The van der Waals surface area contributed by atoms with Crippen molar-refractivity contribution in [2.45, 2.75) is 45.2 Å². The SMILES string of the molecule is CCc1cnn(C2(C)CCN(Cc3ccccc3)CC2)c1.